The molecule has 2 heterocycles. The second-order valence-corrected chi connectivity index (χ2v) is 8.27. The van der Waals surface area contributed by atoms with Gasteiger partial charge in [-0.3, -0.25) is 9.48 Å². The van der Waals surface area contributed by atoms with Crippen LogP contribution in [0.2, 0.25) is 0 Å². The van der Waals surface area contributed by atoms with E-state index in [4.69, 9.17) is 9.47 Å². The van der Waals surface area contributed by atoms with Crippen molar-refractivity contribution in [3.05, 3.63) is 29.2 Å². The fourth-order valence-corrected chi connectivity index (χ4v) is 4.32. The topological polar surface area (TPSA) is 68.6 Å². The normalized spacial score (nSPS) is 20.5. The highest BCUT2D eigenvalue weighted by Crippen LogP contribution is 2.37. The quantitative estimate of drug-likeness (QED) is 0.668. The Morgan fingerprint density at radius 2 is 2.27 bits per heavy atom. The first-order valence-electron chi connectivity index (χ1n) is 10.8. The third-order valence-electron chi connectivity index (χ3n) is 6.02. The third-order valence-corrected chi connectivity index (χ3v) is 6.02. The van der Waals surface area contributed by atoms with E-state index in [-0.39, 0.29) is 23.8 Å². The summed E-state index contributed by atoms with van der Waals surface area (Å²) in [5.74, 6) is -0.300. The van der Waals surface area contributed by atoms with Gasteiger partial charge in [-0.2, -0.15) is 5.10 Å². The first-order chi connectivity index (χ1) is 14.5. The molecule has 1 unspecified atom stereocenters. The number of carbonyl (C=O) groups excluding carboxylic acids is 1. The number of halogens is 1. The Morgan fingerprint density at radius 3 is 2.93 bits per heavy atom. The minimum absolute atomic E-state index is 0.0116. The van der Waals surface area contributed by atoms with Crippen LogP contribution in [0, 0.1) is 12.7 Å². The lowest BCUT2D eigenvalue weighted by Gasteiger charge is -2.34. The number of aryl methyl sites for hydroxylation is 2. The van der Waals surface area contributed by atoms with Crippen molar-refractivity contribution < 1.29 is 18.7 Å². The van der Waals surface area contributed by atoms with E-state index in [0.717, 1.165) is 36.9 Å². The maximum atomic E-state index is 15.1. The van der Waals surface area contributed by atoms with E-state index in [1.54, 1.807) is 13.2 Å². The van der Waals surface area contributed by atoms with Gasteiger partial charge in [-0.15, -0.1) is 0 Å². The number of benzene rings is 1. The van der Waals surface area contributed by atoms with E-state index in [9.17, 15) is 4.79 Å². The van der Waals surface area contributed by atoms with Gasteiger partial charge in [0, 0.05) is 39.4 Å². The minimum Gasteiger partial charge on any atom is -0.385 e. The number of ether oxygens (including phenoxy) is 2. The molecule has 30 heavy (non-hydrogen) atoms. The molecule has 1 amide bonds. The highest BCUT2D eigenvalue weighted by molar-refractivity contribution is 5.85. The van der Waals surface area contributed by atoms with Gasteiger partial charge in [-0.25, -0.2) is 4.39 Å². The van der Waals surface area contributed by atoms with Crippen LogP contribution in [-0.2, 0) is 20.8 Å². The van der Waals surface area contributed by atoms with Crippen molar-refractivity contribution in [1.29, 1.82) is 0 Å². The Hall–Kier alpha value is -2.03. The number of nitrogens with zero attached hydrogens (tertiary/aromatic N) is 3. The Labute approximate surface area is 176 Å². The van der Waals surface area contributed by atoms with Crippen LogP contribution in [0.4, 0.5) is 4.39 Å². The second kappa shape index (κ2) is 8.99. The predicted octanol–water partition coefficient (Wildman–Crippen LogP) is 2.56. The van der Waals surface area contributed by atoms with Crippen molar-refractivity contribution in [3.8, 4) is 0 Å². The summed E-state index contributed by atoms with van der Waals surface area (Å²) < 4.78 is 27.8. The lowest BCUT2D eigenvalue weighted by atomic mass is 10.0. The highest BCUT2D eigenvalue weighted by Gasteiger charge is 2.40. The standard InChI is InChI=1S/C22H31FN4O3/c1-14-21-18(23)11-16(12-19(21)26(25-14)8-4-9-29-3)15(2)27(17-5-6-17)22(28)20-13-24-7-10-30-20/h11-12,15,17,20,24H,4-10,13H2,1-3H3/t15?,20-/m1/s1. The smallest absolute Gasteiger partial charge is 0.253 e. The first-order valence-corrected chi connectivity index (χ1v) is 10.8. The molecule has 1 aromatic heterocycles. The van der Waals surface area contributed by atoms with Gasteiger partial charge < -0.3 is 19.7 Å². The van der Waals surface area contributed by atoms with Gasteiger partial charge in [-0.05, 0) is 50.8 Å². The first kappa shape index (κ1) is 21.2. The Bertz CT molecular complexity index is 905. The van der Waals surface area contributed by atoms with Crippen molar-refractivity contribution in [2.45, 2.75) is 57.8 Å². The van der Waals surface area contributed by atoms with E-state index in [2.05, 4.69) is 10.4 Å². The van der Waals surface area contributed by atoms with E-state index in [1.165, 1.54) is 0 Å². The molecular weight excluding hydrogens is 387 g/mol. The van der Waals surface area contributed by atoms with E-state index in [1.807, 2.05) is 29.5 Å². The molecule has 1 aliphatic heterocycles. The predicted molar refractivity (Wildman–Crippen MR) is 112 cm³/mol. The van der Waals surface area contributed by atoms with Crippen molar-refractivity contribution in [2.24, 2.45) is 0 Å². The number of fused-ring (bicyclic) bond motifs is 1. The van der Waals surface area contributed by atoms with Crippen molar-refractivity contribution in [3.63, 3.8) is 0 Å². The number of methoxy groups -OCH3 is 1. The Balaban J connectivity index is 1.64. The lowest BCUT2D eigenvalue weighted by Crippen LogP contribution is -2.50. The maximum absolute atomic E-state index is 15.1. The number of morpholine rings is 1. The Morgan fingerprint density at radius 1 is 1.47 bits per heavy atom. The molecule has 2 atom stereocenters. The summed E-state index contributed by atoms with van der Waals surface area (Å²) in [4.78, 5) is 15.1. The van der Waals surface area contributed by atoms with Gasteiger partial charge in [0.2, 0.25) is 0 Å². The average Bonchev–Trinajstić information content (AvgIpc) is 3.52. The Kier molecular flexibility index (Phi) is 6.36. The van der Waals surface area contributed by atoms with Crippen LogP contribution in [0.25, 0.3) is 10.9 Å². The van der Waals surface area contributed by atoms with Crippen LogP contribution in [0.3, 0.4) is 0 Å². The summed E-state index contributed by atoms with van der Waals surface area (Å²) in [7, 11) is 1.67. The van der Waals surface area contributed by atoms with E-state index < -0.39 is 6.10 Å². The third kappa shape index (κ3) is 4.22. The molecule has 0 spiro atoms. The fraction of sp³-hybridized carbons (Fsp3) is 0.636. The van der Waals surface area contributed by atoms with Crippen LogP contribution in [0.5, 0.6) is 0 Å². The monoisotopic (exact) mass is 418 g/mol. The zero-order valence-electron chi connectivity index (χ0n) is 18.0. The van der Waals surface area contributed by atoms with Crippen molar-refractivity contribution in [2.75, 3.05) is 33.4 Å². The highest BCUT2D eigenvalue weighted by atomic mass is 19.1. The molecule has 4 rings (SSSR count). The molecular formula is C22H31FN4O3. The molecule has 1 N–H and O–H groups in total. The molecule has 0 bridgehead atoms. The molecule has 164 valence electrons. The van der Waals surface area contributed by atoms with Gasteiger partial charge in [0.15, 0.2) is 0 Å². The minimum atomic E-state index is -0.475. The van der Waals surface area contributed by atoms with Crippen LogP contribution in [0.15, 0.2) is 12.1 Å². The van der Waals surface area contributed by atoms with Crippen LogP contribution in [0.1, 0.15) is 43.5 Å². The molecule has 0 radical (unpaired) electrons. The van der Waals surface area contributed by atoms with Crippen LogP contribution in [-0.4, -0.2) is 66.1 Å². The molecule has 7 nitrogen and oxygen atoms in total. The summed E-state index contributed by atoms with van der Waals surface area (Å²) in [6.07, 6.45) is 2.29. The maximum Gasteiger partial charge on any atom is 0.253 e. The summed E-state index contributed by atoms with van der Waals surface area (Å²) in [6.45, 7) is 6.90. The van der Waals surface area contributed by atoms with Crippen molar-refractivity contribution >= 4 is 16.8 Å². The second-order valence-electron chi connectivity index (χ2n) is 8.27. The summed E-state index contributed by atoms with van der Waals surface area (Å²) in [6, 6.07) is 3.50. The molecule has 8 heteroatoms. The molecule has 2 aromatic rings. The number of nitrogens with one attached hydrogen (secondary N) is 1. The number of hydrogen-bond donors (Lipinski definition) is 1. The SMILES string of the molecule is COCCCn1nc(C)c2c(F)cc(C(C)N(C(=O)[C@H]3CNCCO3)C3CC3)cc21. The van der Waals surface area contributed by atoms with Gasteiger partial charge in [0.05, 0.1) is 29.2 Å². The largest absolute Gasteiger partial charge is 0.385 e. The van der Waals surface area contributed by atoms with Gasteiger partial charge >= 0.3 is 0 Å². The zero-order chi connectivity index (χ0) is 21.3. The van der Waals surface area contributed by atoms with Crippen molar-refractivity contribution in [1.82, 2.24) is 20.0 Å². The van der Waals surface area contributed by atoms with Gasteiger partial charge in [-0.1, -0.05) is 0 Å². The van der Waals surface area contributed by atoms with Crippen LogP contribution < -0.4 is 5.32 Å². The van der Waals surface area contributed by atoms with E-state index in [0.29, 0.717) is 37.4 Å². The lowest BCUT2D eigenvalue weighted by molar-refractivity contribution is -0.148. The average molecular weight is 419 g/mol. The number of aromatic nitrogens is 2. The summed E-state index contributed by atoms with van der Waals surface area (Å²) in [5.41, 5.74) is 2.23. The molecule has 2 aliphatic rings. The number of rotatable bonds is 8. The fourth-order valence-electron chi connectivity index (χ4n) is 4.32. The molecule has 1 saturated carbocycles. The van der Waals surface area contributed by atoms with Gasteiger partial charge in [0.25, 0.3) is 5.91 Å². The molecule has 1 aliphatic carbocycles. The molecule has 1 aromatic carbocycles. The number of carbonyl (C=O) groups is 1. The number of hydrogen-bond acceptors (Lipinski definition) is 5. The zero-order valence-corrected chi connectivity index (χ0v) is 18.0. The summed E-state index contributed by atoms with van der Waals surface area (Å²) in [5, 5.41) is 8.31. The van der Waals surface area contributed by atoms with E-state index >= 15 is 4.39 Å². The molecule has 2 fully saturated rings. The summed E-state index contributed by atoms with van der Waals surface area (Å²) >= 11 is 0. The molecule has 1 saturated heterocycles. The van der Waals surface area contributed by atoms with Gasteiger partial charge in [0.1, 0.15) is 11.9 Å². The number of amides is 1. The van der Waals surface area contributed by atoms with Crippen LogP contribution >= 0.6 is 0 Å².